The summed E-state index contributed by atoms with van der Waals surface area (Å²) in [7, 11) is -3.59. The zero-order chi connectivity index (χ0) is 18.2. The van der Waals surface area contributed by atoms with Gasteiger partial charge in [0.2, 0.25) is 0 Å². The monoisotopic (exact) mass is 466 g/mol. The average molecular weight is 468 g/mol. The number of halogens is 3. The normalized spacial score (nSPS) is 16.2. The van der Waals surface area contributed by atoms with E-state index in [0.29, 0.717) is 0 Å². The summed E-state index contributed by atoms with van der Waals surface area (Å²) in [5.41, 5.74) is -0.178. The summed E-state index contributed by atoms with van der Waals surface area (Å²) in [6.07, 6.45) is 0. The Bertz CT molecular complexity index is 891. The summed E-state index contributed by atoms with van der Waals surface area (Å²) in [6.45, 7) is 0.649. The smallest absolute Gasteiger partial charge is 0.258 e. The highest BCUT2D eigenvalue weighted by atomic mass is 79.9. The second kappa shape index (κ2) is 7.32. The van der Waals surface area contributed by atoms with Gasteiger partial charge in [-0.05, 0) is 40.2 Å². The van der Waals surface area contributed by atoms with E-state index in [1.54, 1.807) is 12.1 Å². The maximum absolute atomic E-state index is 13.9. The van der Waals surface area contributed by atoms with Crippen LogP contribution in [-0.2, 0) is 10.0 Å². The molecule has 1 aromatic carbocycles. The lowest BCUT2D eigenvalue weighted by molar-refractivity contribution is 0.0693. The number of hydrogen-bond acceptors (Lipinski definition) is 4. The molecule has 1 fully saturated rings. The van der Waals surface area contributed by atoms with Crippen LogP contribution in [0, 0.1) is 5.82 Å². The van der Waals surface area contributed by atoms with Crippen molar-refractivity contribution in [1.29, 1.82) is 0 Å². The molecule has 1 aliphatic rings. The summed E-state index contributed by atoms with van der Waals surface area (Å²) in [5.74, 6) is -1.21. The molecule has 0 aliphatic carbocycles. The summed E-state index contributed by atoms with van der Waals surface area (Å²) in [5, 5.41) is 0.0449. The second-order valence-corrected chi connectivity index (χ2v) is 10.4. The molecule has 1 saturated heterocycles. The van der Waals surface area contributed by atoms with Crippen LogP contribution in [0.25, 0.3) is 0 Å². The van der Waals surface area contributed by atoms with Crippen LogP contribution in [0.1, 0.15) is 10.4 Å². The predicted molar refractivity (Wildman–Crippen MR) is 98.1 cm³/mol. The van der Waals surface area contributed by atoms with Crippen molar-refractivity contribution in [2.75, 3.05) is 26.2 Å². The van der Waals surface area contributed by atoms with Gasteiger partial charge in [0, 0.05) is 26.2 Å². The lowest BCUT2D eigenvalue weighted by Gasteiger charge is -2.33. The van der Waals surface area contributed by atoms with Crippen LogP contribution in [-0.4, -0.2) is 49.7 Å². The number of nitrogens with zero attached hydrogens (tertiary/aromatic N) is 2. The first-order valence-electron chi connectivity index (χ1n) is 7.29. The maximum Gasteiger partial charge on any atom is 0.258 e. The van der Waals surface area contributed by atoms with E-state index in [0.717, 1.165) is 15.1 Å². The Balaban J connectivity index is 1.73. The van der Waals surface area contributed by atoms with Crippen LogP contribution in [0.2, 0.25) is 5.02 Å². The van der Waals surface area contributed by atoms with Crippen molar-refractivity contribution >= 4 is 54.8 Å². The van der Waals surface area contributed by atoms with Gasteiger partial charge in [-0.2, -0.15) is 4.31 Å². The summed E-state index contributed by atoms with van der Waals surface area (Å²) in [6, 6.07) is 7.28. The van der Waals surface area contributed by atoms with Gasteiger partial charge < -0.3 is 4.90 Å². The highest BCUT2D eigenvalue weighted by Crippen LogP contribution is 2.29. The maximum atomic E-state index is 13.9. The predicted octanol–water partition coefficient (Wildman–Crippen LogP) is 3.45. The quantitative estimate of drug-likeness (QED) is 0.695. The molecule has 2 aromatic rings. The topological polar surface area (TPSA) is 57.7 Å². The summed E-state index contributed by atoms with van der Waals surface area (Å²) < 4.78 is 41.4. The largest absolute Gasteiger partial charge is 0.336 e. The molecule has 10 heteroatoms. The number of hydrogen-bond donors (Lipinski definition) is 0. The Labute approximate surface area is 162 Å². The minimum absolute atomic E-state index is 0.0449. The molecular weight excluding hydrogens is 455 g/mol. The highest BCUT2D eigenvalue weighted by Gasteiger charge is 2.32. The van der Waals surface area contributed by atoms with Gasteiger partial charge in [-0.3, -0.25) is 4.79 Å². The van der Waals surface area contributed by atoms with E-state index in [1.165, 1.54) is 27.4 Å². The molecule has 0 bridgehead atoms. The molecule has 0 radical (unpaired) electrons. The molecule has 0 atom stereocenters. The van der Waals surface area contributed by atoms with Gasteiger partial charge in [-0.15, -0.1) is 11.3 Å². The van der Waals surface area contributed by atoms with Crippen LogP contribution >= 0.6 is 38.9 Å². The van der Waals surface area contributed by atoms with Crippen LogP contribution in [0.3, 0.4) is 0 Å². The number of sulfonamides is 1. The van der Waals surface area contributed by atoms with Crippen LogP contribution in [0.5, 0.6) is 0 Å². The molecule has 25 heavy (non-hydrogen) atoms. The van der Waals surface area contributed by atoms with Crippen molar-refractivity contribution in [2.24, 2.45) is 0 Å². The van der Waals surface area contributed by atoms with E-state index in [-0.39, 0.29) is 41.0 Å². The van der Waals surface area contributed by atoms with E-state index in [2.05, 4.69) is 15.9 Å². The fourth-order valence-corrected chi connectivity index (χ4v) is 6.39. The number of piperazine rings is 1. The molecule has 2 heterocycles. The molecule has 0 N–H and O–H groups in total. The van der Waals surface area contributed by atoms with E-state index in [4.69, 9.17) is 11.6 Å². The number of benzene rings is 1. The van der Waals surface area contributed by atoms with Crippen LogP contribution in [0.4, 0.5) is 4.39 Å². The molecular formula is C15H13BrClFN2O3S2. The molecule has 5 nitrogen and oxygen atoms in total. The zero-order valence-electron chi connectivity index (χ0n) is 12.8. The van der Waals surface area contributed by atoms with Gasteiger partial charge >= 0.3 is 0 Å². The number of rotatable bonds is 3. The summed E-state index contributed by atoms with van der Waals surface area (Å²) in [4.78, 5) is 13.9. The van der Waals surface area contributed by atoms with E-state index in [9.17, 15) is 17.6 Å². The number of carbonyl (C=O) groups excluding carboxylic acids is 1. The molecule has 0 unspecified atom stereocenters. The van der Waals surface area contributed by atoms with Gasteiger partial charge in [-0.1, -0.05) is 17.7 Å². The lowest BCUT2D eigenvalue weighted by Crippen LogP contribution is -2.50. The molecule has 0 saturated carbocycles. The molecule has 134 valence electrons. The van der Waals surface area contributed by atoms with Crippen LogP contribution in [0.15, 0.2) is 38.3 Å². The van der Waals surface area contributed by atoms with Gasteiger partial charge in [0.25, 0.3) is 15.9 Å². The third-order valence-corrected chi connectivity index (χ3v) is 8.15. The van der Waals surface area contributed by atoms with E-state index < -0.39 is 21.7 Å². The highest BCUT2D eigenvalue weighted by molar-refractivity contribution is 9.11. The Kier molecular flexibility index (Phi) is 5.50. The average Bonchev–Trinajstić information content (AvgIpc) is 3.02. The summed E-state index contributed by atoms with van der Waals surface area (Å²) >= 11 is 10.3. The van der Waals surface area contributed by atoms with Gasteiger partial charge in [-0.25, -0.2) is 12.8 Å². The van der Waals surface area contributed by atoms with Gasteiger partial charge in [0.05, 0.1) is 14.4 Å². The third kappa shape index (κ3) is 3.75. The Morgan fingerprint density at radius 2 is 1.84 bits per heavy atom. The van der Waals surface area contributed by atoms with E-state index in [1.807, 2.05) is 0 Å². The zero-order valence-corrected chi connectivity index (χ0v) is 16.8. The molecule has 1 amide bonds. The molecule has 1 aromatic heterocycles. The molecule has 3 rings (SSSR count). The van der Waals surface area contributed by atoms with E-state index >= 15 is 0 Å². The molecule has 0 spiro atoms. The fourth-order valence-electron chi connectivity index (χ4n) is 2.56. The van der Waals surface area contributed by atoms with Crippen molar-refractivity contribution in [1.82, 2.24) is 9.21 Å². The van der Waals surface area contributed by atoms with Crippen molar-refractivity contribution in [2.45, 2.75) is 4.21 Å². The third-order valence-electron chi connectivity index (χ3n) is 3.85. The molecule has 1 aliphatic heterocycles. The second-order valence-electron chi connectivity index (χ2n) is 5.35. The first-order chi connectivity index (χ1) is 11.8. The van der Waals surface area contributed by atoms with Crippen molar-refractivity contribution in [3.05, 3.63) is 50.5 Å². The van der Waals surface area contributed by atoms with Gasteiger partial charge in [0.15, 0.2) is 0 Å². The number of thiophene rings is 1. The Morgan fingerprint density at radius 1 is 1.16 bits per heavy atom. The van der Waals surface area contributed by atoms with Gasteiger partial charge in [0.1, 0.15) is 10.0 Å². The SMILES string of the molecule is O=C(c1c(F)cccc1Cl)N1CCN(S(=O)(=O)c2ccc(Br)s2)CC1. The fraction of sp³-hybridized carbons (Fsp3) is 0.267. The van der Waals surface area contributed by atoms with Crippen LogP contribution < -0.4 is 0 Å². The Hall–Kier alpha value is -1.000. The number of carbonyl (C=O) groups is 1. The van der Waals surface area contributed by atoms with Crippen molar-refractivity contribution in [3.63, 3.8) is 0 Å². The van der Waals surface area contributed by atoms with Crippen molar-refractivity contribution in [3.8, 4) is 0 Å². The standard InChI is InChI=1S/C15H13BrClFN2O3S2/c16-12-4-5-13(24-12)25(22,23)20-8-6-19(7-9-20)15(21)14-10(17)2-1-3-11(14)18/h1-5H,6-9H2. The minimum atomic E-state index is -3.59. The Morgan fingerprint density at radius 3 is 2.40 bits per heavy atom. The first-order valence-corrected chi connectivity index (χ1v) is 10.7. The number of amides is 1. The lowest BCUT2D eigenvalue weighted by atomic mass is 10.1. The first kappa shape index (κ1) is 18.8. The minimum Gasteiger partial charge on any atom is -0.336 e. The van der Waals surface area contributed by atoms with Crippen molar-refractivity contribution < 1.29 is 17.6 Å².